The molecule has 0 spiro atoms. The monoisotopic (exact) mass is 496 g/mol. The molecule has 9 heteroatoms. The van der Waals surface area contributed by atoms with E-state index in [9.17, 15) is 24.0 Å². The third-order valence-corrected chi connectivity index (χ3v) is 8.81. The maximum atomic E-state index is 14.0. The Bertz CT molecular complexity index is 1030. The van der Waals surface area contributed by atoms with E-state index in [1.807, 2.05) is 41.3 Å². The van der Waals surface area contributed by atoms with Crippen LogP contribution in [0.1, 0.15) is 56.9 Å². The summed E-state index contributed by atoms with van der Waals surface area (Å²) >= 11 is 0. The van der Waals surface area contributed by atoms with Gasteiger partial charge >= 0.3 is 6.09 Å². The number of alkyl halides is 1. The Morgan fingerprint density at radius 1 is 1.08 bits per heavy atom. The molecule has 1 aromatic rings. The third-order valence-electron chi connectivity index (χ3n) is 8.81. The molecule has 0 radical (unpaired) electrons. The molecule has 5 fully saturated rings. The van der Waals surface area contributed by atoms with Gasteiger partial charge in [-0.05, 0) is 50.5 Å². The first-order valence-corrected chi connectivity index (χ1v) is 13.0. The first-order chi connectivity index (χ1) is 17.4. The van der Waals surface area contributed by atoms with Crippen molar-refractivity contribution in [2.75, 3.05) is 26.2 Å². The van der Waals surface area contributed by atoms with Gasteiger partial charge in [0.1, 0.15) is 25.4 Å². The number of nitriles is 1. The Balaban J connectivity index is 1.33. The highest BCUT2D eigenvalue weighted by molar-refractivity contribution is 5.85. The van der Waals surface area contributed by atoms with Gasteiger partial charge in [0, 0.05) is 30.5 Å². The van der Waals surface area contributed by atoms with Gasteiger partial charge in [-0.2, -0.15) is 5.26 Å². The molecule has 0 N–H and O–H groups in total. The highest BCUT2D eigenvalue weighted by atomic mass is 19.1. The lowest BCUT2D eigenvalue weighted by molar-refractivity contribution is -0.157. The van der Waals surface area contributed by atoms with Crippen LogP contribution in [0.4, 0.5) is 9.18 Å². The molecule has 2 bridgehead atoms. The van der Waals surface area contributed by atoms with Crippen molar-refractivity contribution in [3.05, 3.63) is 35.9 Å². The molecule has 2 saturated heterocycles. The predicted octanol–water partition coefficient (Wildman–Crippen LogP) is 3.41. The molecule has 3 aliphatic carbocycles. The molecule has 0 aromatic heterocycles. The number of halogens is 1. The Hall–Kier alpha value is -3.15. The zero-order chi connectivity index (χ0) is 25.3. The molecule has 1 aromatic carbocycles. The SMILES string of the molecule is N#C[C@@H]1C[C@H](F)CN1C(=O)CN(C(=O)OCc1ccccc1)C12CCC(C(=O)N3CCC3)(CC1)CC2. The summed E-state index contributed by atoms with van der Waals surface area (Å²) in [6.45, 7) is 1.33. The molecule has 5 aliphatic rings. The van der Waals surface area contributed by atoms with Crippen LogP contribution in [0.5, 0.6) is 0 Å². The molecule has 8 nitrogen and oxygen atoms in total. The molecular formula is C27H33FN4O4. The number of nitrogens with zero attached hydrogens (tertiary/aromatic N) is 4. The van der Waals surface area contributed by atoms with E-state index >= 15 is 0 Å². The van der Waals surface area contributed by atoms with Gasteiger partial charge in [-0.1, -0.05) is 30.3 Å². The van der Waals surface area contributed by atoms with Gasteiger partial charge in [0.2, 0.25) is 11.8 Å². The highest BCUT2D eigenvalue weighted by Crippen LogP contribution is 2.56. The second-order valence-electron chi connectivity index (χ2n) is 10.8. The van der Waals surface area contributed by atoms with Gasteiger partial charge in [-0.3, -0.25) is 14.5 Å². The van der Waals surface area contributed by atoms with Crippen molar-refractivity contribution in [1.82, 2.24) is 14.7 Å². The summed E-state index contributed by atoms with van der Waals surface area (Å²) in [7, 11) is 0. The second-order valence-corrected chi connectivity index (χ2v) is 10.8. The third kappa shape index (κ3) is 4.42. The largest absolute Gasteiger partial charge is 0.445 e. The van der Waals surface area contributed by atoms with Crippen molar-refractivity contribution in [3.8, 4) is 6.07 Å². The molecule has 2 heterocycles. The van der Waals surface area contributed by atoms with Crippen molar-refractivity contribution in [3.63, 3.8) is 0 Å². The number of ether oxygens (including phenoxy) is 1. The van der Waals surface area contributed by atoms with Crippen LogP contribution in [0.15, 0.2) is 30.3 Å². The summed E-state index contributed by atoms with van der Waals surface area (Å²) in [4.78, 5) is 44.6. The van der Waals surface area contributed by atoms with Gasteiger partial charge in [0.15, 0.2) is 0 Å². The number of hydrogen-bond donors (Lipinski definition) is 0. The van der Waals surface area contributed by atoms with Crippen molar-refractivity contribution >= 4 is 17.9 Å². The Morgan fingerprint density at radius 2 is 1.75 bits per heavy atom. The van der Waals surface area contributed by atoms with E-state index in [4.69, 9.17) is 4.74 Å². The maximum absolute atomic E-state index is 14.0. The smallest absolute Gasteiger partial charge is 0.411 e. The normalized spacial score (nSPS) is 30.9. The Labute approximate surface area is 211 Å². The van der Waals surface area contributed by atoms with Crippen LogP contribution in [0.25, 0.3) is 0 Å². The molecule has 0 unspecified atom stereocenters. The fourth-order valence-corrected chi connectivity index (χ4v) is 6.38. The van der Waals surface area contributed by atoms with Crippen LogP contribution in [0, 0.1) is 16.7 Å². The van der Waals surface area contributed by atoms with Gasteiger partial charge < -0.3 is 14.5 Å². The van der Waals surface area contributed by atoms with Crippen molar-refractivity contribution in [2.45, 2.75) is 75.7 Å². The van der Waals surface area contributed by atoms with E-state index in [1.54, 1.807) is 0 Å². The maximum Gasteiger partial charge on any atom is 0.411 e. The number of benzene rings is 1. The van der Waals surface area contributed by atoms with Crippen LogP contribution in [-0.4, -0.2) is 76.5 Å². The number of carbonyl (C=O) groups is 3. The Kier molecular flexibility index (Phi) is 6.62. The van der Waals surface area contributed by atoms with E-state index < -0.39 is 29.8 Å². The first-order valence-electron chi connectivity index (χ1n) is 13.0. The summed E-state index contributed by atoms with van der Waals surface area (Å²) in [5.41, 5.74) is -0.115. The standard InChI is InChI=1S/C27H33FN4O4/c28-21-15-22(16-29)31(17-21)23(33)18-32(25(35)36-19-20-5-2-1-3-6-20)27-10-7-26(8-11-27,9-12-27)24(34)30-13-4-14-30/h1-3,5-6,21-22H,4,7-15,17-19H2/t21-,22-,26?,27?/m0/s1. The lowest BCUT2D eigenvalue weighted by Gasteiger charge is -2.57. The van der Waals surface area contributed by atoms with E-state index in [1.165, 1.54) is 9.80 Å². The van der Waals surface area contributed by atoms with Gasteiger partial charge in [0.05, 0.1) is 12.6 Å². The number of hydrogen-bond acceptors (Lipinski definition) is 5. The molecule has 192 valence electrons. The quantitative estimate of drug-likeness (QED) is 0.602. The van der Waals surface area contributed by atoms with Crippen LogP contribution in [0.2, 0.25) is 0 Å². The van der Waals surface area contributed by atoms with E-state index in [0.29, 0.717) is 38.5 Å². The second kappa shape index (κ2) is 9.72. The summed E-state index contributed by atoms with van der Waals surface area (Å²) in [5.74, 6) is -0.203. The molecule has 3 amide bonds. The summed E-state index contributed by atoms with van der Waals surface area (Å²) < 4.78 is 19.7. The van der Waals surface area contributed by atoms with E-state index in [0.717, 1.165) is 25.1 Å². The first kappa shape index (κ1) is 24.5. The molecule has 6 rings (SSSR count). The summed E-state index contributed by atoms with van der Waals surface area (Å²) in [5, 5.41) is 9.41. The minimum atomic E-state index is -1.24. The van der Waals surface area contributed by atoms with Crippen molar-refractivity contribution < 1.29 is 23.5 Å². The summed E-state index contributed by atoms with van der Waals surface area (Å²) in [6, 6.07) is 10.5. The molecule has 3 saturated carbocycles. The fraction of sp³-hybridized carbons (Fsp3) is 0.630. The van der Waals surface area contributed by atoms with Crippen molar-refractivity contribution in [2.24, 2.45) is 5.41 Å². The zero-order valence-corrected chi connectivity index (χ0v) is 20.5. The van der Waals surface area contributed by atoms with Crippen molar-refractivity contribution in [1.29, 1.82) is 5.26 Å². The van der Waals surface area contributed by atoms with Gasteiger partial charge in [-0.25, -0.2) is 9.18 Å². The average Bonchev–Trinajstić information content (AvgIpc) is 3.27. The number of fused-ring (bicyclic) bond motifs is 3. The number of likely N-dealkylation sites (tertiary alicyclic amines) is 2. The number of rotatable bonds is 6. The minimum absolute atomic E-state index is 0.00698. The highest BCUT2D eigenvalue weighted by Gasteiger charge is 2.57. The van der Waals surface area contributed by atoms with Crippen LogP contribution in [0.3, 0.4) is 0 Å². The average molecular weight is 497 g/mol. The minimum Gasteiger partial charge on any atom is -0.445 e. The van der Waals surface area contributed by atoms with Crippen LogP contribution in [-0.2, 0) is 20.9 Å². The fourth-order valence-electron chi connectivity index (χ4n) is 6.38. The van der Waals surface area contributed by atoms with Crippen LogP contribution >= 0.6 is 0 Å². The lowest BCUT2D eigenvalue weighted by atomic mass is 9.56. The predicted molar refractivity (Wildman–Crippen MR) is 128 cm³/mol. The number of carbonyl (C=O) groups excluding carboxylic acids is 3. The van der Waals surface area contributed by atoms with Crippen LogP contribution < -0.4 is 0 Å². The van der Waals surface area contributed by atoms with E-state index in [2.05, 4.69) is 0 Å². The lowest BCUT2D eigenvalue weighted by Crippen LogP contribution is -2.63. The molecule has 2 atom stereocenters. The summed E-state index contributed by atoms with van der Waals surface area (Å²) in [6.07, 6.45) is 3.10. The Morgan fingerprint density at radius 3 is 2.33 bits per heavy atom. The molecule has 2 aliphatic heterocycles. The van der Waals surface area contributed by atoms with E-state index in [-0.39, 0.29) is 37.4 Å². The number of amides is 3. The van der Waals surface area contributed by atoms with Gasteiger partial charge in [0.25, 0.3) is 0 Å². The molecule has 36 heavy (non-hydrogen) atoms. The van der Waals surface area contributed by atoms with Gasteiger partial charge in [-0.15, -0.1) is 0 Å². The topological polar surface area (TPSA) is 94.0 Å². The molecular weight excluding hydrogens is 463 g/mol. The zero-order valence-electron chi connectivity index (χ0n) is 20.5.